The Morgan fingerprint density at radius 2 is 1.79 bits per heavy atom. The van der Waals surface area contributed by atoms with Crippen molar-refractivity contribution in [3.8, 4) is 0 Å². The molecule has 1 fully saturated rings. The SMILES string of the molecule is CC(C)(C)N1CC(CC(=O)Nc2cccc3cccnc23)N(C(C)(C)C)C1=O. The number of rotatable bonds is 3. The van der Waals surface area contributed by atoms with Crippen LogP contribution in [0.1, 0.15) is 48.0 Å². The Morgan fingerprint density at radius 3 is 2.43 bits per heavy atom. The van der Waals surface area contributed by atoms with Crippen LogP contribution in [-0.2, 0) is 4.79 Å². The minimum absolute atomic E-state index is 0.00960. The number of pyridine rings is 1. The quantitative estimate of drug-likeness (QED) is 0.862. The number of para-hydroxylation sites is 1. The Hall–Kier alpha value is -2.63. The van der Waals surface area contributed by atoms with E-state index in [4.69, 9.17) is 0 Å². The van der Waals surface area contributed by atoms with Crippen LogP contribution in [0.3, 0.4) is 0 Å². The van der Waals surface area contributed by atoms with Gasteiger partial charge in [0.05, 0.1) is 17.2 Å². The second kappa shape index (κ2) is 7.08. The van der Waals surface area contributed by atoms with Gasteiger partial charge < -0.3 is 15.1 Å². The number of anilines is 1. The second-order valence-electron chi connectivity index (χ2n) is 9.39. The molecule has 2 heterocycles. The molecule has 3 rings (SSSR count). The van der Waals surface area contributed by atoms with Gasteiger partial charge in [0.15, 0.2) is 0 Å². The number of nitrogens with one attached hydrogen (secondary N) is 1. The third-order valence-electron chi connectivity index (χ3n) is 5.06. The molecule has 0 radical (unpaired) electrons. The molecule has 1 aromatic heterocycles. The fourth-order valence-electron chi connectivity index (χ4n) is 3.83. The molecule has 1 aliphatic rings. The van der Waals surface area contributed by atoms with Crippen LogP contribution < -0.4 is 5.32 Å². The molecule has 1 saturated heterocycles. The van der Waals surface area contributed by atoms with Crippen molar-refractivity contribution in [2.45, 2.75) is 65.1 Å². The van der Waals surface area contributed by atoms with E-state index in [1.807, 2.05) is 81.7 Å². The first-order valence-electron chi connectivity index (χ1n) is 9.73. The molecule has 1 unspecified atom stereocenters. The van der Waals surface area contributed by atoms with Crippen LogP contribution in [0, 0.1) is 0 Å². The van der Waals surface area contributed by atoms with Gasteiger partial charge in [-0.2, -0.15) is 0 Å². The Kier molecular flexibility index (Phi) is 5.08. The highest BCUT2D eigenvalue weighted by atomic mass is 16.2. The number of carbonyl (C=O) groups is 2. The van der Waals surface area contributed by atoms with E-state index in [2.05, 4.69) is 10.3 Å². The van der Waals surface area contributed by atoms with Crippen molar-refractivity contribution in [1.29, 1.82) is 0 Å². The molecule has 6 nitrogen and oxygen atoms in total. The van der Waals surface area contributed by atoms with Crippen molar-refractivity contribution in [3.63, 3.8) is 0 Å². The van der Waals surface area contributed by atoms with Crippen molar-refractivity contribution < 1.29 is 9.59 Å². The summed E-state index contributed by atoms with van der Waals surface area (Å²) in [5.74, 6) is -0.110. The van der Waals surface area contributed by atoms with Crippen molar-refractivity contribution in [2.24, 2.45) is 0 Å². The lowest BCUT2D eigenvalue weighted by atomic mass is 10.0. The van der Waals surface area contributed by atoms with E-state index in [-0.39, 0.29) is 35.5 Å². The number of hydrogen-bond acceptors (Lipinski definition) is 3. The zero-order valence-corrected chi connectivity index (χ0v) is 17.6. The van der Waals surface area contributed by atoms with Gasteiger partial charge in [0, 0.05) is 35.6 Å². The lowest BCUT2D eigenvalue weighted by Gasteiger charge is -2.37. The highest BCUT2D eigenvalue weighted by molar-refractivity contribution is 6.00. The van der Waals surface area contributed by atoms with Gasteiger partial charge in [-0.3, -0.25) is 9.78 Å². The first-order chi connectivity index (χ1) is 13.0. The van der Waals surface area contributed by atoms with Crippen LogP contribution >= 0.6 is 0 Å². The minimum atomic E-state index is -0.358. The summed E-state index contributed by atoms with van der Waals surface area (Å²) < 4.78 is 0. The van der Waals surface area contributed by atoms with E-state index < -0.39 is 0 Å². The number of urea groups is 1. The summed E-state index contributed by atoms with van der Waals surface area (Å²) >= 11 is 0. The monoisotopic (exact) mass is 382 g/mol. The molecule has 28 heavy (non-hydrogen) atoms. The van der Waals surface area contributed by atoms with Gasteiger partial charge >= 0.3 is 6.03 Å². The van der Waals surface area contributed by atoms with Gasteiger partial charge in [-0.25, -0.2) is 4.79 Å². The zero-order chi connectivity index (χ0) is 20.7. The smallest absolute Gasteiger partial charge is 0.321 e. The van der Waals surface area contributed by atoms with Gasteiger partial charge in [0.25, 0.3) is 0 Å². The van der Waals surface area contributed by atoms with Gasteiger partial charge in [-0.15, -0.1) is 0 Å². The fraction of sp³-hybridized carbons (Fsp3) is 0.500. The Bertz CT molecular complexity index is 890. The highest BCUT2D eigenvalue weighted by Gasteiger charge is 2.46. The molecule has 6 heteroatoms. The van der Waals surface area contributed by atoms with Gasteiger partial charge in [-0.1, -0.05) is 18.2 Å². The predicted octanol–water partition coefficient (Wildman–Crippen LogP) is 4.27. The maximum Gasteiger partial charge on any atom is 0.321 e. The average molecular weight is 383 g/mol. The van der Waals surface area contributed by atoms with Crippen molar-refractivity contribution in [3.05, 3.63) is 36.5 Å². The van der Waals surface area contributed by atoms with E-state index in [0.717, 1.165) is 10.9 Å². The Labute approximate surface area is 166 Å². The minimum Gasteiger partial charge on any atom is -0.324 e. The molecule has 1 aliphatic heterocycles. The summed E-state index contributed by atoms with van der Waals surface area (Å²) in [5.41, 5.74) is 0.821. The Morgan fingerprint density at radius 1 is 1.11 bits per heavy atom. The molecule has 1 aromatic carbocycles. The van der Waals surface area contributed by atoms with Crippen LogP contribution in [0.2, 0.25) is 0 Å². The molecular formula is C22H30N4O2. The molecular weight excluding hydrogens is 352 g/mol. The van der Waals surface area contributed by atoms with E-state index in [1.165, 1.54) is 0 Å². The highest BCUT2D eigenvalue weighted by Crippen LogP contribution is 2.32. The standard InChI is InChI=1S/C22H30N4O2/c1-21(2,3)25-14-16(26(20(25)28)22(4,5)6)13-18(27)24-17-11-7-9-15-10-8-12-23-19(15)17/h7-12,16H,13-14H2,1-6H3,(H,24,27). The maximum absolute atomic E-state index is 13.0. The molecule has 150 valence electrons. The molecule has 0 saturated carbocycles. The predicted molar refractivity (Wildman–Crippen MR) is 112 cm³/mol. The van der Waals surface area contributed by atoms with Crippen LogP contribution in [0.15, 0.2) is 36.5 Å². The Balaban J connectivity index is 1.81. The zero-order valence-electron chi connectivity index (χ0n) is 17.6. The number of fused-ring (bicyclic) bond motifs is 1. The number of nitrogens with zero attached hydrogens (tertiary/aromatic N) is 3. The summed E-state index contributed by atoms with van der Waals surface area (Å²) in [6.45, 7) is 12.6. The third kappa shape index (κ3) is 3.96. The molecule has 1 N–H and O–H groups in total. The molecule has 0 spiro atoms. The van der Waals surface area contributed by atoms with Crippen molar-refractivity contribution in [2.75, 3.05) is 11.9 Å². The first-order valence-corrected chi connectivity index (χ1v) is 9.73. The molecule has 2 aromatic rings. The number of hydrogen-bond donors (Lipinski definition) is 1. The normalized spacial score (nSPS) is 18.1. The lowest BCUT2D eigenvalue weighted by Crippen LogP contribution is -2.50. The van der Waals surface area contributed by atoms with Crippen LogP contribution in [0.5, 0.6) is 0 Å². The van der Waals surface area contributed by atoms with E-state index in [1.54, 1.807) is 6.20 Å². The largest absolute Gasteiger partial charge is 0.324 e. The van der Waals surface area contributed by atoms with Crippen LogP contribution in [0.4, 0.5) is 10.5 Å². The van der Waals surface area contributed by atoms with Crippen molar-refractivity contribution >= 4 is 28.5 Å². The summed E-state index contributed by atoms with van der Waals surface area (Å²) in [5, 5.41) is 3.97. The average Bonchev–Trinajstić information content (AvgIpc) is 2.91. The summed E-state index contributed by atoms with van der Waals surface area (Å²) in [6.07, 6.45) is 1.97. The summed E-state index contributed by atoms with van der Waals surface area (Å²) in [7, 11) is 0. The topological polar surface area (TPSA) is 65.5 Å². The van der Waals surface area contributed by atoms with Gasteiger partial charge in [0.2, 0.25) is 5.91 Å². The number of amides is 3. The van der Waals surface area contributed by atoms with E-state index in [9.17, 15) is 9.59 Å². The van der Waals surface area contributed by atoms with Crippen molar-refractivity contribution in [1.82, 2.24) is 14.8 Å². The van der Waals surface area contributed by atoms with Gasteiger partial charge in [-0.05, 0) is 53.7 Å². The summed E-state index contributed by atoms with van der Waals surface area (Å²) in [4.78, 5) is 34.0. The van der Waals surface area contributed by atoms with Crippen LogP contribution in [0.25, 0.3) is 10.9 Å². The van der Waals surface area contributed by atoms with Crippen LogP contribution in [-0.4, -0.2) is 50.4 Å². The molecule has 0 aliphatic carbocycles. The first kappa shape index (κ1) is 20.1. The lowest BCUT2D eigenvalue weighted by molar-refractivity contribution is -0.117. The molecule has 1 atom stereocenters. The maximum atomic E-state index is 13.0. The molecule has 3 amide bonds. The fourth-order valence-corrected chi connectivity index (χ4v) is 3.83. The number of benzene rings is 1. The number of aromatic nitrogens is 1. The van der Waals surface area contributed by atoms with E-state index in [0.29, 0.717) is 12.2 Å². The summed E-state index contributed by atoms with van der Waals surface area (Å²) in [6, 6.07) is 9.39. The van der Waals surface area contributed by atoms with Gasteiger partial charge in [0.1, 0.15) is 0 Å². The second-order valence-corrected chi connectivity index (χ2v) is 9.39. The molecule has 0 bridgehead atoms. The number of carbonyl (C=O) groups excluding carboxylic acids is 2. The third-order valence-corrected chi connectivity index (χ3v) is 5.06. The van der Waals surface area contributed by atoms with E-state index >= 15 is 0 Å².